The van der Waals surface area contributed by atoms with Gasteiger partial charge in [0, 0.05) is 26.8 Å². The van der Waals surface area contributed by atoms with Crippen LogP contribution in [0, 0.1) is 17.3 Å². The first-order chi connectivity index (χ1) is 9.13. The van der Waals surface area contributed by atoms with E-state index in [4.69, 9.17) is 4.74 Å². The average molecular weight is 268 g/mol. The molecule has 1 saturated heterocycles. The number of methoxy groups -OCH3 is 1. The Morgan fingerprint density at radius 2 is 2.16 bits per heavy atom. The molecule has 0 radical (unpaired) electrons. The summed E-state index contributed by atoms with van der Waals surface area (Å²) in [5, 5.41) is 3.61. The van der Waals surface area contributed by atoms with Gasteiger partial charge in [-0.3, -0.25) is 0 Å². The molecule has 0 amide bonds. The van der Waals surface area contributed by atoms with Gasteiger partial charge in [0.2, 0.25) is 0 Å². The Balaban J connectivity index is 1.62. The molecule has 2 fully saturated rings. The summed E-state index contributed by atoms with van der Waals surface area (Å²) in [6.07, 6.45) is 5.48. The van der Waals surface area contributed by atoms with Crippen LogP contribution in [-0.2, 0) is 4.74 Å². The van der Waals surface area contributed by atoms with Crippen molar-refractivity contribution in [2.45, 2.75) is 39.5 Å². The number of hydrogen-bond donors (Lipinski definition) is 1. The summed E-state index contributed by atoms with van der Waals surface area (Å²) in [5.74, 6) is 1.64. The molecule has 1 aliphatic heterocycles. The van der Waals surface area contributed by atoms with Crippen LogP contribution in [0.2, 0.25) is 0 Å². The molecule has 1 heterocycles. The van der Waals surface area contributed by atoms with Gasteiger partial charge in [0.15, 0.2) is 0 Å². The Morgan fingerprint density at radius 3 is 2.79 bits per heavy atom. The summed E-state index contributed by atoms with van der Waals surface area (Å²) in [7, 11) is 1.82. The summed E-state index contributed by atoms with van der Waals surface area (Å²) >= 11 is 0. The van der Waals surface area contributed by atoms with E-state index in [1.54, 1.807) is 0 Å². The highest BCUT2D eigenvalue weighted by atomic mass is 16.5. The summed E-state index contributed by atoms with van der Waals surface area (Å²) in [4.78, 5) is 2.70. The lowest BCUT2D eigenvalue weighted by Gasteiger charge is -2.23. The maximum Gasteiger partial charge on any atom is 0.0468 e. The predicted octanol–water partition coefficient (Wildman–Crippen LogP) is 2.37. The van der Waals surface area contributed by atoms with Crippen LogP contribution in [0.5, 0.6) is 0 Å². The molecule has 1 atom stereocenters. The van der Waals surface area contributed by atoms with Crippen LogP contribution >= 0.6 is 0 Å². The van der Waals surface area contributed by atoms with Crippen molar-refractivity contribution < 1.29 is 4.74 Å². The van der Waals surface area contributed by atoms with Gasteiger partial charge in [0.05, 0.1) is 0 Å². The standard InChI is InChI=1S/C16H32N2O/c1-14(2)10-17-11-15-4-8-18(12-15)13-16(5-6-16)7-9-19-3/h14-15,17H,4-13H2,1-3H3. The molecular formula is C16H32N2O. The molecule has 0 aromatic heterocycles. The second kappa shape index (κ2) is 7.05. The van der Waals surface area contributed by atoms with E-state index >= 15 is 0 Å². The highest BCUT2D eigenvalue weighted by Gasteiger charge is 2.44. The molecule has 19 heavy (non-hydrogen) atoms. The van der Waals surface area contributed by atoms with Crippen LogP contribution in [0.3, 0.4) is 0 Å². The van der Waals surface area contributed by atoms with Gasteiger partial charge in [-0.1, -0.05) is 13.8 Å². The predicted molar refractivity (Wildman–Crippen MR) is 80.4 cm³/mol. The smallest absolute Gasteiger partial charge is 0.0468 e. The fraction of sp³-hybridized carbons (Fsp3) is 1.00. The molecule has 0 bridgehead atoms. The van der Waals surface area contributed by atoms with Crippen LogP contribution in [-0.4, -0.2) is 51.3 Å². The summed E-state index contributed by atoms with van der Waals surface area (Å²) in [6.45, 7) is 11.8. The molecule has 1 aliphatic carbocycles. The van der Waals surface area contributed by atoms with E-state index in [0.29, 0.717) is 5.41 Å². The van der Waals surface area contributed by atoms with Crippen molar-refractivity contribution in [2.75, 3.05) is 46.4 Å². The van der Waals surface area contributed by atoms with Crippen molar-refractivity contribution in [2.24, 2.45) is 17.3 Å². The molecule has 2 aliphatic rings. The third kappa shape index (κ3) is 5.05. The maximum atomic E-state index is 5.25. The third-order valence-electron chi connectivity index (χ3n) is 4.71. The first-order valence-electron chi connectivity index (χ1n) is 8.05. The number of nitrogens with zero attached hydrogens (tertiary/aromatic N) is 1. The van der Waals surface area contributed by atoms with Crippen molar-refractivity contribution in [3.63, 3.8) is 0 Å². The molecule has 1 saturated carbocycles. The fourth-order valence-corrected chi connectivity index (χ4v) is 3.26. The van der Waals surface area contributed by atoms with Crippen LogP contribution in [0.4, 0.5) is 0 Å². The quantitative estimate of drug-likeness (QED) is 0.695. The largest absolute Gasteiger partial charge is 0.385 e. The minimum Gasteiger partial charge on any atom is -0.385 e. The lowest BCUT2D eigenvalue weighted by Crippen LogP contribution is -2.32. The second-order valence-corrected chi connectivity index (χ2v) is 7.18. The molecule has 3 heteroatoms. The Kier molecular flexibility index (Phi) is 5.67. The van der Waals surface area contributed by atoms with Crippen molar-refractivity contribution in [1.82, 2.24) is 10.2 Å². The minimum atomic E-state index is 0.621. The maximum absolute atomic E-state index is 5.25. The topological polar surface area (TPSA) is 24.5 Å². The first-order valence-corrected chi connectivity index (χ1v) is 8.05. The van der Waals surface area contributed by atoms with Gasteiger partial charge in [-0.2, -0.15) is 0 Å². The van der Waals surface area contributed by atoms with Crippen molar-refractivity contribution in [3.8, 4) is 0 Å². The zero-order valence-electron chi connectivity index (χ0n) is 13.1. The highest BCUT2D eigenvalue weighted by Crippen LogP contribution is 2.49. The van der Waals surface area contributed by atoms with E-state index < -0.39 is 0 Å². The van der Waals surface area contributed by atoms with E-state index in [-0.39, 0.29) is 0 Å². The summed E-state index contributed by atoms with van der Waals surface area (Å²) < 4.78 is 5.25. The zero-order valence-corrected chi connectivity index (χ0v) is 13.1. The molecular weight excluding hydrogens is 236 g/mol. The Bertz CT molecular complexity index is 263. The van der Waals surface area contributed by atoms with Crippen LogP contribution in [0.15, 0.2) is 0 Å². The highest BCUT2D eigenvalue weighted by molar-refractivity contribution is 4.96. The van der Waals surface area contributed by atoms with E-state index in [2.05, 4.69) is 24.1 Å². The lowest BCUT2D eigenvalue weighted by atomic mass is 10.0. The normalized spacial score (nSPS) is 26.2. The van der Waals surface area contributed by atoms with Crippen LogP contribution < -0.4 is 5.32 Å². The Morgan fingerprint density at radius 1 is 1.37 bits per heavy atom. The summed E-state index contributed by atoms with van der Waals surface area (Å²) in [6, 6.07) is 0. The molecule has 1 N–H and O–H groups in total. The van der Waals surface area contributed by atoms with Crippen LogP contribution in [0.1, 0.15) is 39.5 Å². The van der Waals surface area contributed by atoms with Gasteiger partial charge >= 0.3 is 0 Å². The van der Waals surface area contributed by atoms with E-state index in [0.717, 1.165) is 25.0 Å². The number of likely N-dealkylation sites (tertiary alicyclic amines) is 1. The van der Waals surface area contributed by atoms with E-state index in [1.165, 1.54) is 51.9 Å². The first kappa shape index (κ1) is 15.3. The van der Waals surface area contributed by atoms with Gasteiger partial charge in [-0.05, 0) is 62.6 Å². The van der Waals surface area contributed by atoms with Crippen LogP contribution in [0.25, 0.3) is 0 Å². The van der Waals surface area contributed by atoms with Gasteiger partial charge in [-0.15, -0.1) is 0 Å². The lowest BCUT2D eigenvalue weighted by molar-refractivity contribution is 0.153. The van der Waals surface area contributed by atoms with Crippen molar-refractivity contribution >= 4 is 0 Å². The number of nitrogens with one attached hydrogen (secondary N) is 1. The molecule has 0 aromatic carbocycles. The minimum absolute atomic E-state index is 0.621. The molecule has 0 spiro atoms. The Labute approximate surface area is 119 Å². The fourth-order valence-electron chi connectivity index (χ4n) is 3.26. The van der Waals surface area contributed by atoms with E-state index in [9.17, 15) is 0 Å². The molecule has 112 valence electrons. The van der Waals surface area contributed by atoms with Gasteiger partial charge in [0.1, 0.15) is 0 Å². The third-order valence-corrected chi connectivity index (χ3v) is 4.71. The van der Waals surface area contributed by atoms with Gasteiger partial charge < -0.3 is 15.0 Å². The molecule has 3 nitrogen and oxygen atoms in total. The molecule has 2 rings (SSSR count). The monoisotopic (exact) mass is 268 g/mol. The number of hydrogen-bond acceptors (Lipinski definition) is 3. The number of ether oxygens (including phenoxy) is 1. The van der Waals surface area contributed by atoms with Gasteiger partial charge in [0.25, 0.3) is 0 Å². The van der Waals surface area contributed by atoms with Gasteiger partial charge in [-0.25, -0.2) is 0 Å². The van der Waals surface area contributed by atoms with Crippen molar-refractivity contribution in [3.05, 3.63) is 0 Å². The Hall–Kier alpha value is -0.120. The number of rotatable bonds is 9. The van der Waals surface area contributed by atoms with Crippen molar-refractivity contribution in [1.29, 1.82) is 0 Å². The van der Waals surface area contributed by atoms with E-state index in [1.807, 2.05) is 7.11 Å². The average Bonchev–Trinajstić information content (AvgIpc) is 2.98. The zero-order chi connectivity index (χ0) is 13.7. The second-order valence-electron chi connectivity index (χ2n) is 7.18. The summed E-state index contributed by atoms with van der Waals surface area (Å²) in [5.41, 5.74) is 0.621. The molecule has 0 aromatic rings. The SMILES string of the molecule is COCCC1(CN2CCC(CNCC(C)C)C2)CC1. The molecule has 1 unspecified atom stereocenters.